The number of hydrazone groups is 1. The molecule has 0 saturated carbocycles. The van der Waals surface area contributed by atoms with Crippen molar-refractivity contribution in [2.45, 2.75) is 0 Å². The maximum Gasteiger partial charge on any atom is 0.318 e. The van der Waals surface area contributed by atoms with Crippen molar-refractivity contribution in [3.05, 3.63) is 47.1 Å². The van der Waals surface area contributed by atoms with Crippen molar-refractivity contribution < 1.29 is 0 Å². The lowest BCUT2D eigenvalue weighted by Gasteiger charge is -1.89. The van der Waals surface area contributed by atoms with Crippen LogP contribution in [0.5, 0.6) is 0 Å². The predicted octanol–water partition coefficient (Wildman–Crippen LogP) is 1.50. The van der Waals surface area contributed by atoms with E-state index in [1.807, 2.05) is 30.3 Å². The lowest BCUT2D eigenvalue weighted by atomic mass is 10.1. The summed E-state index contributed by atoms with van der Waals surface area (Å²) in [5.41, 5.74) is 4.77. The molecule has 1 radical (unpaired) electrons. The molecule has 59 valence electrons. The molecule has 1 aromatic rings. The van der Waals surface area contributed by atoms with Crippen LogP contribution >= 0.6 is 11.6 Å². The first-order valence-corrected chi connectivity index (χ1v) is 4.00. The molecule has 0 spiro atoms. The molecule has 0 bridgehead atoms. The van der Waals surface area contributed by atoms with Gasteiger partial charge in [0.15, 0.2) is 5.10 Å². The van der Waals surface area contributed by atoms with E-state index in [0.29, 0.717) is 0 Å². The highest BCUT2D eigenvalue weighted by Gasteiger charge is 2.14. The van der Waals surface area contributed by atoms with Crippen molar-refractivity contribution in [3.8, 4) is 0 Å². The van der Waals surface area contributed by atoms with Gasteiger partial charge in [0.25, 0.3) is 0 Å². The third-order valence-corrected chi connectivity index (χ3v) is 1.89. The van der Waals surface area contributed by atoms with Gasteiger partial charge in [0.1, 0.15) is 0 Å². The van der Waals surface area contributed by atoms with Crippen LogP contribution in [0.3, 0.4) is 0 Å². The summed E-state index contributed by atoms with van der Waals surface area (Å²) in [6.45, 7) is 0. The van der Waals surface area contributed by atoms with E-state index in [-0.39, 0.29) is 0 Å². The van der Waals surface area contributed by atoms with Crippen molar-refractivity contribution in [2.24, 2.45) is 0 Å². The number of allylic oxidation sites excluding steroid dienone is 1. The number of halogens is 1. The Labute approximate surface area is 75.5 Å². The molecule has 1 aliphatic rings. The second kappa shape index (κ2) is 2.99. The first-order chi connectivity index (χ1) is 5.86. The lowest BCUT2D eigenvalue weighted by Crippen LogP contribution is -2.08. The van der Waals surface area contributed by atoms with Gasteiger partial charge in [-0.05, 0) is 24.3 Å². The van der Waals surface area contributed by atoms with Crippen molar-refractivity contribution in [1.82, 2.24) is 10.5 Å². The fourth-order valence-electron chi connectivity index (χ4n) is 1.04. The normalized spacial score (nSPS) is 14.2. The van der Waals surface area contributed by atoms with Crippen molar-refractivity contribution >= 4 is 17.3 Å². The van der Waals surface area contributed by atoms with E-state index in [1.54, 1.807) is 6.20 Å². The molecular weight excluding hydrogens is 172 g/mol. The zero-order valence-corrected chi connectivity index (χ0v) is 7.05. The van der Waals surface area contributed by atoms with Gasteiger partial charge in [0, 0.05) is 11.1 Å². The third-order valence-electron chi connectivity index (χ3n) is 1.64. The van der Waals surface area contributed by atoms with E-state index in [2.05, 4.69) is 10.5 Å². The molecule has 0 unspecified atom stereocenters. The number of benzene rings is 1. The van der Waals surface area contributed by atoms with Crippen LogP contribution in [0.2, 0.25) is 5.02 Å². The fourth-order valence-corrected chi connectivity index (χ4v) is 1.17. The van der Waals surface area contributed by atoms with Crippen LogP contribution in [-0.2, 0) is 0 Å². The number of nitrogens with zero attached hydrogens (tertiary/aromatic N) is 1. The Morgan fingerprint density at radius 1 is 1.17 bits per heavy atom. The van der Waals surface area contributed by atoms with E-state index < -0.39 is 0 Å². The molecule has 0 saturated heterocycles. The van der Waals surface area contributed by atoms with E-state index in [0.717, 1.165) is 16.3 Å². The minimum Gasteiger partial charge on any atom is -0.107 e. The molecule has 1 N–H and O–H groups in total. The Bertz CT molecular complexity index is 338. The Kier molecular flexibility index (Phi) is 1.84. The topological polar surface area (TPSA) is 26.1 Å². The number of nitrogens with one attached hydrogen (secondary N) is 1. The minimum atomic E-state index is 0.745. The molecule has 1 aliphatic heterocycles. The Morgan fingerprint density at radius 2 is 1.92 bits per heavy atom. The largest absolute Gasteiger partial charge is 0.318 e. The van der Waals surface area contributed by atoms with Crippen LogP contribution < -0.4 is 10.5 Å². The first-order valence-electron chi connectivity index (χ1n) is 3.62. The van der Waals surface area contributed by atoms with Gasteiger partial charge in [0.05, 0.1) is 11.8 Å². The van der Waals surface area contributed by atoms with Crippen LogP contribution in [0.1, 0.15) is 5.56 Å². The molecule has 0 aliphatic carbocycles. The van der Waals surface area contributed by atoms with Gasteiger partial charge in [-0.25, -0.2) is 0 Å². The van der Waals surface area contributed by atoms with Gasteiger partial charge in [-0.1, -0.05) is 11.6 Å². The van der Waals surface area contributed by atoms with Crippen molar-refractivity contribution in [2.75, 3.05) is 0 Å². The summed E-state index contributed by atoms with van der Waals surface area (Å²) in [4.78, 5) is 0. The van der Waals surface area contributed by atoms with E-state index >= 15 is 0 Å². The van der Waals surface area contributed by atoms with Gasteiger partial charge in [0.2, 0.25) is 0 Å². The second-order valence-electron chi connectivity index (χ2n) is 2.47. The third kappa shape index (κ3) is 1.34. The van der Waals surface area contributed by atoms with Crippen LogP contribution in [0, 0.1) is 0 Å². The Balaban J connectivity index is 2.35. The Hall–Kier alpha value is -1.28. The van der Waals surface area contributed by atoms with Gasteiger partial charge in [-0.3, -0.25) is 0 Å². The maximum atomic E-state index is 5.74. The van der Waals surface area contributed by atoms with Gasteiger partial charge >= 0.3 is 5.71 Å². The van der Waals surface area contributed by atoms with Crippen LogP contribution in [0.4, 0.5) is 0 Å². The molecule has 0 fully saturated rings. The summed E-state index contributed by atoms with van der Waals surface area (Å²) in [5, 5.41) is 4.79. The highest BCUT2D eigenvalue weighted by Crippen LogP contribution is 2.10. The molecule has 1 heterocycles. The van der Waals surface area contributed by atoms with Crippen LogP contribution in [0.15, 0.2) is 36.5 Å². The first kappa shape index (κ1) is 7.37. The van der Waals surface area contributed by atoms with Crippen molar-refractivity contribution in [3.63, 3.8) is 0 Å². The molecule has 3 heteroatoms. The summed E-state index contributed by atoms with van der Waals surface area (Å²) in [6.07, 6.45) is 3.72. The monoisotopic (exact) mass is 178 g/mol. The fraction of sp³-hybridized carbons (Fsp3) is 0. The summed E-state index contributed by atoms with van der Waals surface area (Å²) in [6, 6.07) is 7.59. The summed E-state index contributed by atoms with van der Waals surface area (Å²) >= 11 is 5.74. The molecule has 2 rings (SSSR count). The minimum absolute atomic E-state index is 0.745. The lowest BCUT2D eigenvalue weighted by molar-refractivity contribution is 0.887. The number of hydrogen-bond donors (Lipinski definition) is 1. The standard InChI is InChI=1S/C9H7ClN2/c10-8-3-1-7(2-4-8)9-5-6-11-12-9/h1-6,11H/q+1. The molecule has 2 nitrogen and oxygen atoms in total. The summed E-state index contributed by atoms with van der Waals surface area (Å²) in [5.74, 6) is 0. The predicted molar refractivity (Wildman–Crippen MR) is 50.0 cm³/mol. The van der Waals surface area contributed by atoms with Gasteiger partial charge in [-0.2, -0.15) is 0 Å². The zero-order valence-electron chi connectivity index (χ0n) is 6.29. The van der Waals surface area contributed by atoms with Gasteiger partial charge < -0.3 is 0 Å². The zero-order chi connectivity index (χ0) is 8.39. The highest BCUT2D eigenvalue weighted by molar-refractivity contribution is 6.30. The quantitative estimate of drug-likeness (QED) is 0.693. The van der Waals surface area contributed by atoms with Crippen molar-refractivity contribution in [1.29, 1.82) is 0 Å². The Morgan fingerprint density at radius 3 is 2.50 bits per heavy atom. The average molecular weight is 179 g/mol. The molecule has 1 aromatic carbocycles. The highest BCUT2D eigenvalue weighted by atomic mass is 35.5. The van der Waals surface area contributed by atoms with Gasteiger partial charge in [-0.15, -0.1) is 5.43 Å². The SMILES string of the molecule is Clc1ccc(C2=[N+]NC=C2)cc1. The molecule has 0 atom stereocenters. The molecule has 0 amide bonds. The molecule has 0 aromatic heterocycles. The van der Waals surface area contributed by atoms with E-state index in [4.69, 9.17) is 11.6 Å². The summed E-state index contributed by atoms with van der Waals surface area (Å²) < 4.78 is 0. The van der Waals surface area contributed by atoms with E-state index in [9.17, 15) is 0 Å². The smallest absolute Gasteiger partial charge is 0.107 e. The summed E-state index contributed by atoms with van der Waals surface area (Å²) in [7, 11) is 0. The van der Waals surface area contributed by atoms with Crippen LogP contribution in [0.25, 0.3) is 0 Å². The number of rotatable bonds is 1. The van der Waals surface area contributed by atoms with Crippen LogP contribution in [-0.4, -0.2) is 5.71 Å². The average Bonchev–Trinajstić information content (AvgIpc) is 2.58. The molecular formula is C9H7ClN2+. The number of hydrogen-bond acceptors (Lipinski definition) is 2. The van der Waals surface area contributed by atoms with E-state index in [1.165, 1.54) is 0 Å². The molecule has 12 heavy (non-hydrogen) atoms. The maximum absolute atomic E-state index is 5.74. The second-order valence-corrected chi connectivity index (χ2v) is 2.90.